The average Bonchev–Trinajstić information content (AvgIpc) is 2.92. The Bertz CT molecular complexity index is 721. The summed E-state index contributed by atoms with van der Waals surface area (Å²) in [5, 5.41) is 1.12. The normalized spacial score (nSPS) is 12.7. The molecule has 2 aromatic heterocycles. The highest BCUT2D eigenvalue weighted by atomic mass is 16.3. The molecule has 0 saturated heterocycles. The third-order valence-corrected chi connectivity index (χ3v) is 3.68. The van der Waals surface area contributed by atoms with Crippen molar-refractivity contribution in [2.75, 3.05) is 0 Å². The van der Waals surface area contributed by atoms with Crippen molar-refractivity contribution in [2.24, 2.45) is 5.84 Å². The van der Waals surface area contributed by atoms with Crippen molar-refractivity contribution in [3.8, 4) is 0 Å². The van der Waals surface area contributed by atoms with Gasteiger partial charge in [0.15, 0.2) is 0 Å². The van der Waals surface area contributed by atoms with Crippen molar-refractivity contribution in [1.82, 2.24) is 10.4 Å². The highest BCUT2D eigenvalue weighted by Gasteiger charge is 2.15. The number of fused-ring (bicyclic) bond motifs is 1. The number of rotatable bonds is 5. The summed E-state index contributed by atoms with van der Waals surface area (Å²) >= 11 is 0. The number of hydrogen-bond donors (Lipinski definition) is 2. The molecule has 0 bridgehead atoms. The molecule has 4 heteroatoms. The first-order valence-electron chi connectivity index (χ1n) is 7.11. The van der Waals surface area contributed by atoms with Gasteiger partial charge < -0.3 is 4.42 Å². The molecule has 21 heavy (non-hydrogen) atoms. The molecule has 0 aliphatic heterocycles. The molecule has 1 atom stereocenters. The summed E-state index contributed by atoms with van der Waals surface area (Å²) in [6, 6.07) is 12.3. The van der Waals surface area contributed by atoms with E-state index in [1.807, 2.05) is 18.3 Å². The summed E-state index contributed by atoms with van der Waals surface area (Å²) in [6.07, 6.45) is 5.43. The predicted molar refractivity (Wildman–Crippen MR) is 83.6 cm³/mol. The fourth-order valence-corrected chi connectivity index (χ4v) is 2.52. The topological polar surface area (TPSA) is 64.1 Å². The van der Waals surface area contributed by atoms with E-state index in [0.717, 1.165) is 29.6 Å². The van der Waals surface area contributed by atoms with Gasteiger partial charge in [-0.05, 0) is 49.6 Å². The minimum Gasteiger partial charge on any atom is -0.459 e. The van der Waals surface area contributed by atoms with E-state index in [9.17, 15) is 0 Å². The van der Waals surface area contributed by atoms with Crippen LogP contribution in [0, 0.1) is 6.92 Å². The van der Waals surface area contributed by atoms with Gasteiger partial charge in [0.1, 0.15) is 11.3 Å². The Morgan fingerprint density at radius 1 is 1.29 bits per heavy atom. The molecule has 1 aromatic carbocycles. The van der Waals surface area contributed by atoms with Crippen molar-refractivity contribution in [3.63, 3.8) is 0 Å². The number of furan rings is 1. The SMILES string of the molecule is Cc1ccc2oc(C(CCc3cccnc3)NN)cc2c1. The zero-order chi connectivity index (χ0) is 14.7. The minimum absolute atomic E-state index is 0.00193. The number of hydrogen-bond acceptors (Lipinski definition) is 4. The molecular formula is C17H19N3O. The molecule has 1 unspecified atom stereocenters. The zero-order valence-corrected chi connectivity index (χ0v) is 12.0. The van der Waals surface area contributed by atoms with E-state index in [2.05, 4.69) is 41.6 Å². The van der Waals surface area contributed by atoms with Gasteiger partial charge in [-0.2, -0.15) is 0 Å². The Balaban J connectivity index is 1.78. The van der Waals surface area contributed by atoms with Gasteiger partial charge in [-0.15, -0.1) is 0 Å². The van der Waals surface area contributed by atoms with Crippen LogP contribution in [0.4, 0.5) is 0 Å². The second-order valence-electron chi connectivity index (χ2n) is 5.31. The Kier molecular flexibility index (Phi) is 3.99. The molecule has 3 aromatic rings. The summed E-state index contributed by atoms with van der Waals surface area (Å²) in [4.78, 5) is 4.13. The van der Waals surface area contributed by atoms with E-state index in [4.69, 9.17) is 10.3 Å². The molecule has 0 saturated carbocycles. The maximum absolute atomic E-state index is 5.91. The van der Waals surface area contributed by atoms with E-state index in [1.54, 1.807) is 6.20 Å². The van der Waals surface area contributed by atoms with Gasteiger partial charge in [-0.3, -0.25) is 10.8 Å². The highest BCUT2D eigenvalue weighted by molar-refractivity contribution is 5.78. The molecule has 0 radical (unpaired) electrons. The van der Waals surface area contributed by atoms with Crippen LogP contribution >= 0.6 is 0 Å². The third-order valence-electron chi connectivity index (χ3n) is 3.68. The average molecular weight is 281 g/mol. The lowest BCUT2D eigenvalue weighted by atomic mass is 10.0. The number of pyridine rings is 1. The Hall–Kier alpha value is -2.17. The fraction of sp³-hybridized carbons (Fsp3) is 0.235. The minimum atomic E-state index is -0.00193. The quantitative estimate of drug-likeness (QED) is 0.556. The Morgan fingerprint density at radius 3 is 2.95 bits per heavy atom. The fourth-order valence-electron chi connectivity index (χ4n) is 2.52. The van der Waals surface area contributed by atoms with Crippen LogP contribution in [-0.2, 0) is 6.42 Å². The number of nitrogens with two attached hydrogens (primary N) is 1. The van der Waals surface area contributed by atoms with E-state index in [1.165, 1.54) is 11.1 Å². The first kappa shape index (κ1) is 13.8. The monoisotopic (exact) mass is 281 g/mol. The number of benzene rings is 1. The van der Waals surface area contributed by atoms with Gasteiger partial charge >= 0.3 is 0 Å². The first-order valence-corrected chi connectivity index (χ1v) is 7.11. The molecule has 0 spiro atoms. The molecule has 0 aliphatic carbocycles. The van der Waals surface area contributed by atoms with E-state index in [-0.39, 0.29) is 6.04 Å². The van der Waals surface area contributed by atoms with Crippen LogP contribution < -0.4 is 11.3 Å². The molecule has 2 heterocycles. The first-order chi connectivity index (χ1) is 10.3. The third kappa shape index (κ3) is 3.12. The van der Waals surface area contributed by atoms with Crippen LogP contribution in [0.25, 0.3) is 11.0 Å². The lowest BCUT2D eigenvalue weighted by molar-refractivity contribution is 0.417. The number of hydrazine groups is 1. The molecule has 3 N–H and O–H groups in total. The molecule has 0 aliphatic rings. The van der Waals surface area contributed by atoms with Crippen LogP contribution in [0.5, 0.6) is 0 Å². The number of nitrogens with zero attached hydrogens (tertiary/aromatic N) is 1. The van der Waals surface area contributed by atoms with Crippen molar-refractivity contribution in [2.45, 2.75) is 25.8 Å². The van der Waals surface area contributed by atoms with Crippen molar-refractivity contribution in [3.05, 3.63) is 65.7 Å². The van der Waals surface area contributed by atoms with Gasteiger partial charge in [0, 0.05) is 17.8 Å². The van der Waals surface area contributed by atoms with Crippen LogP contribution in [0.1, 0.15) is 29.3 Å². The van der Waals surface area contributed by atoms with Gasteiger partial charge in [0.05, 0.1) is 6.04 Å². The molecule has 4 nitrogen and oxygen atoms in total. The molecule has 0 amide bonds. The van der Waals surface area contributed by atoms with Gasteiger partial charge in [-0.1, -0.05) is 17.7 Å². The second-order valence-corrected chi connectivity index (χ2v) is 5.31. The largest absolute Gasteiger partial charge is 0.459 e. The van der Waals surface area contributed by atoms with Crippen molar-refractivity contribution in [1.29, 1.82) is 0 Å². The number of aromatic nitrogens is 1. The summed E-state index contributed by atoms with van der Waals surface area (Å²) in [5.41, 5.74) is 6.17. The molecule has 108 valence electrons. The summed E-state index contributed by atoms with van der Waals surface area (Å²) < 4.78 is 5.91. The lowest BCUT2D eigenvalue weighted by Crippen LogP contribution is -2.28. The van der Waals surface area contributed by atoms with Crippen LogP contribution in [-0.4, -0.2) is 4.98 Å². The maximum Gasteiger partial charge on any atom is 0.134 e. The molecule has 3 rings (SSSR count). The Labute approximate surface area is 124 Å². The summed E-state index contributed by atoms with van der Waals surface area (Å²) in [7, 11) is 0. The zero-order valence-electron chi connectivity index (χ0n) is 12.0. The maximum atomic E-state index is 5.91. The predicted octanol–water partition coefficient (Wildman–Crippen LogP) is 3.27. The van der Waals surface area contributed by atoms with E-state index >= 15 is 0 Å². The van der Waals surface area contributed by atoms with Crippen LogP contribution in [0.2, 0.25) is 0 Å². The summed E-state index contributed by atoms with van der Waals surface area (Å²) in [5.74, 6) is 6.57. The molecule has 0 fully saturated rings. The van der Waals surface area contributed by atoms with E-state index in [0.29, 0.717) is 0 Å². The smallest absolute Gasteiger partial charge is 0.134 e. The van der Waals surface area contributed by atoms with Gasteiger partial charge in [0.25, 0.3) is 0 Å². The van der Waals surface area contributed by atoms with Crippen LogP contribution in [0.3, 0.4) is 0 Å². The Morgan fingerprint density at radius 2 is 2.19 bits per heavy atom. The number of nitrogens with one attached hydrogen (secondary N) is 1. The second kappa shape index (κ2) is 6.08. The highest BCUT2D eigenvalue weighted by Crippen LogP contribution is 2.26. The van der Waals surface area contributed by atoms with E-state index < -0.39 is 0 Å². The standard InChI is InChI=1S/C17H19N3O/c1-12-4-7-16-14(9-12)10-17(21-16)15(20-18)6-5-13-3-2-8-19-11-13/h2-4,7-11,15,20H,5-6,18H2,1H3. The number of aryl methyl sites for hydroxylation is 2. The van der Waals surface area contributed by atoms with Crippen molar-refractivity contribution < 1.29 is 4.42 Å². The molecular weight excluding hydrogens is 262 g/mol. The lowest BCUT2D eigenvalue weighted by Gasteiger charge is -2.12. The summed E-state index contributed by atoms with van der Waals surface area (Å²) in [6.45, 7) is 2.08. The van der Waals surface area contributed by atoms with Crippen LogP contribution in [0.15, 0.2) is 53.2 Å². The van der Waals surface area contributed by atoms with Crippen molar-refractivity contribution >= 4 is 11.0 Å². The van der Waals surface area contributed by atoms with Gasteiger partial charge in [0.2, 0.25) is 0 Å². The van der Waals surface area contributed by atoms with Gasteiger partial charge in [-0.25, -0.2) is 5.43 Å².